The highest BCUT2D eigenvalue weighted by atomic mass is 15.0. The van der Waals surface area contributed by atoms with Crippen LogP contribution in [0.1, 0.15) is 25.3 Å². The van der Waals surface area contributed by atoms with E-state index in [9.17, 15) is 0 Å². The van der Waals surface area contributed by atoms with E-state index in [0.29, 0.717) is 0 Å². The first-order valence-electron chi connectivity index (χ1n) is 5.41. The molecular weight excluding hydrogens is 184 g/mol. The second kappa shape index (κ2) is 4.78. The molecule has 1 heterocycles. The van der Waals surface area contributed by atoms with Crippen LogP contribution in [0.2, 0.25) is 0 Å². The number of nitrogens with zero attached hydrogens (tertiary/aromatic N) is 2. The topological polar surface area (TPSA) is 17.8 Å². The van der Waals surface area contributed by atoms with E-state index in [0.717, 1.165) is 6.42 Å². The zero-order valence-corrected chi connectivity index (χ0v) is 8.98. The summed E-state index contributed by atoms with van der Waals surface area (Å²) < 4.78 is 1.95. The van der Waals surface area contributed by atoms with Gasteiger partial charge in [-0.25, -0.2) is 4.98 Å². The fourth-order valence-electron chi connectivity index (χ4n) is 1.69. The van der Waals surface area contributed by atoms with E-state index in [-0.39, 0.29) is 0 Å². The van der Waals surface area contributed by atoms with E-state index in [1.54, 1.807) is 6.20 Å². The Balaban J connectivity index is 2.30. The van der Waals surface area contributed by atoms with Crippen molar-refractivity contribution < 1.29 is 0 Å². The van der Waals surface area contributed by atoms with Crippen molar-refractivity contribution in [2.24, 2.45) is 0 Å². The molecule has 0 bridgehead atoms. The van der Waals surface area contributed by atoms with Crippen LogP contribution in [-0.2, 0) is 6.42 Å². The van der Waals surface area contributed by atoms with Crippen molar-refractivity contribution >= 4 is 0 Å². The Bertz CT molecular complexity index is 404. The highest BCUT2D eigenvalue weighted by Gasteiger charge is 2.02. The monoisotopic (exact) mass is 199 g/mol. The average Bonchev–Trinajstić information content (AvgIpc) is 2.80. The first kappa shape index (κ1) is 9.97. The van der Waals surface area contributed by atoms with Gasteiger partial charge in [0.25, 0.3) is 0 Å². The van der Waals surface area contributed by atoms with E-state index >= 15 is 0 Å². The molecule has 0 aliphatic rings. The van der Waals surface area contributed by atoms with Gasteiger partial charge in [-0.2, -0.15) is 0 Å². The second-order valence-corrected chi connectivity index (χ2v) is 3.63. The molecule has 0 aliphatic heterocycles. The molecule has 2 nitrogen and oxygen atoms in total. The summed E-state index contributed by atoms with van der Waals surface area (Å²) in [5.74, 6) is 0. The Kier molecular flexibility index (Phi) is 3.18. The second-order valence-electron chi connectivity index (χ2n) is 3.63. The molecule has 0 aliphatic carbocycles. The molecule has 77 valence electrons. The molecule has 0 N–H and O–H groups in total. The SMILES string of the molecule is CCCCc1ccccc1-n1[c]ncc1. The van der Waals surface area contributed by atoms with E-state index < -0.39 is 0 Å². The van der Waals surface area contributed by atoms with Gasteiger partial charge in [-0.15, -0.1) is 0 Å². The summed E-state index contributed by atoms with van der Waals surface area (Å²) in [6.07, 6.45) is 10.2. The summed E-state index contributed by atoms with van der Waals surface area (Å²) in [4.78, 5) is 3.96. The number of aryl methyl sites for hydroxylation is 1. The molecule has 0 atom stereocenters. The summed E-state index contributed by atoms with van der Waals surface area (Å²) in [6.45, 7) is 2.21. The van der Waals surface area contributed by atoms with Gasteiger partial charge in [0.1, 0.15) is 0 Å². The fourth-order valence-corrected chi connectivity index (χ4v) is 1.69. The Labute approximate surface area is 90.6 Å². The van der Waals surface area contributed by atoms with Crippen LogP contribution in [0.5, 0.6) is 0 Å². The molecule has 0 spiro atoms. The number of para-hydroxylation sites is 1. The molecule has 1 aromatic heterocycles. The van der Waals surface area contributed by atoms with Gasteiger partial charge in [0.05, 0.1) is 5.69 Å². The van der Waals surface area contributed by atoms with Crippen LogP contribution in [-0.4, -0.2) is 9.55 Å². The zero-order valence-electron chi connectivity index (χ0n) is 8.98. The van der Waals surface area contributed by atoms with Crippen molar-refractivity contribution in [3.05, 3.63) is 48.5 Å². The minimum absolute atomic E-state index is 1.12. The first-order valence-corrected chi connectivity index (χ1v) is 5.41. The van der Waals surface area contributed by atoms with Gasteiger partial charge in [-0.3, -0.25) is 4.57 Å². The number of imidazole rings is 1. The maximum atomic E-state index is 3.96. The van der Waals surface area contributed by atoms with Crippen LogP contribution in [0.3, 0.4) is 0 Å². The summed E-state index contributed by atoms with van der Waals surface area (Å²) in [5, 5.41) is 0. The quantitative estimate of drug-likeness (QED) is 0.740. The van der Waals surface area contributed by atoms with Crippen LogP contribution in [0.25, 0.3) is 5.69 Å². The summed E-state index contributed by atoms with van der Waals surface area (Å²) >= 11 is 0. The molecule has 1 radical (unpaired) electrons. The van der Waals surface area contributed by atoms with E-state index in [2.05, 4.69) is 42.5 Å². The lowest BCUT2D eigenvalue weighted by molar-refractivity contribution is 0.788. The van der Waals surface area contributed by atoms with Gasteiger partial charge in [0.2, 0.25) is 0 Å². The van der Waals surface area contributed by atoms with Crippen molar-refractivity contribution in [2.75, 3.05) is 0 Å². The maximum Gasteiger partial charge on any atom is 0.181 e. The van der Waals surface area contributed by atoms with Crippen molar-refractivity contribution in [1.82, 2.24) is 9.55 Å². The molecule has 0 saturated carbocycles. The molecule has 2 heteroatoms. The lowest BCUT2D eigenvalue weighted by atomic mass is 10.1. The third-order valence-electron chi connectivity index (χ3n) is 2.51. The van der Waals surface area contributed by atoms with Crippen LogP contribution >= 0.6 is 0 Å². The van der Waals surface area contributed by atoms with E-state index in [1.807, 2.05) is 10.8 Å². The van der Waals surface area contributed by atoms with Crippen LogP contribution in [0.15, 0.2) is 36.7 Å². The number of rotatable bonds is 4. The minimum Gasteiger partial charge on any atom is -0.297 e. The highest BCUT2D eigenvalue weighted by Crippen LogP contribution is 2.15. The third-order valence-corrected chi connectivity index (χ3v) is 2.51. The number of hydrogen-bond donors (Lipinski definition) is 0. The van der Waals surface area contributed by atoms with Gasteiger partial charge in [0.15, 0.2) is 6.33 Å². The number of unbranched alkanes of at least 4 members (excludes halogenated alkanes) is 1. The standard InChI is InChI=1S/C13H15N2/c1-2-3-6-12-7-4-5-8-13(12)15-10-9-14-11-15/h4-5,7-10H,2-3,6H2,1H3. The normalized spacial score (nSPS) is 10.5. The van der Waals surface area contributed by atoms with Crippen LogP contribution in [0, 0.1) is 6.33 Å². The molecule has 1 aromatic carbocycles. The minimum atomic E-state index is 1.12. The molecule has 2 rings (SSSR count). The van der Waals surface area contributed by atoms with Crippen molar-refractivity contribution in [3.63, 3.8) is 0 Å². The lowest BCUT2D eigenvalue weighted by Crippen LogP contribution is -1.97. The van der Waals surface area contributed by atoms with Gasteiger partial charge < -0.3 is 0 Å². The molecule has 0 saturated heterocycles. The number of hydrogen-bond acceptors (Lipinski definition) is 1. The first-order chi connectivity index (χ1) is 7.42. The van der Waals surface area contributed by atoms with Crippen LogP contribution in [0.4, 0.5) is 0 Å². The van der Waals surface area contributed by atoms with Crippen molar-refractivity contribution in [2.45, 2.75) is 26.2 Å². The Hall–Kier alpha value is -1.57. The Morgan fingerprint density at radius 1 is 1.33 bits per heavy atom. The van der Waals surface area contributed by atoms with Gasteiger partial charge >= 0.3 is 0 Å². The maximum absolute atomic E-state index is 3.96. The molecule has 15 heavy (non-hydrogen) atoms. The van der Waals surface area contributed by atoms with Gasteiger partial charge in [0, 0.05) is 12.4 Å². The molecule has 0 amide bonds. The number of benzene rings is 1. The van der Waals surface area contributed by atoms with Gasteiger partial charge in [-0.1, -0.05) is 31.5 Å². The van der Waals surface area contributed by atoms with E-state index in [1.165, 1.54) is 24.1 Å². The fraction of sp³-hybridized carbons (Fsp3) is 0.308. The average molecular weight is 199 g/mol. The van der Waals surface area contributed by atoms with Crippen molar-refractivity contribution in [1.29, 1.82) is 0 Å². The summed E-state index contributed by atoms with van der Waals surface area (Å²) in [5.41, 5.74) is 2.57. The smallest absolute Gasteiger partial charge is 0.181 e. The van der Waals surface area contributed by atoms with Gasteiger partial charge in [-0.05, 0) is 24.5 Å². The van der Waals surface area contributed by atoms with E-state index in [4.69, 9.17) is 0 Å². The summed E-state index contributed by atoms with van der Waals surface area (Å²) in [7, 11) is 0. The molecule has 0 unspecified atom stereocenters. The molecular formula is C13H15N2. The number of aromatic nitrogens is 2. The zero-order chi connectivity index (χ0) is 10.5. The predicted octanol–water partition coefficient (Wildman–Crippen LogP) is 3.02. The van der Waals surface area contributed by atoms with Crippen molar-refractivity contribution in [3.8, 4) is 5.69 Å². The summed E-state index contributed by atoms with van der Waals surface area (Å²) in [6, 6.07) is 8.44. The van der Waals surface area contributed by atoms with Crippen LogP contribution < -0.4 is 0 Å². The molecule has 2 aromatic rings. The third kappa shape index (κ3) is 2.27. The Morgan fingerprint density at radius 2 is 2.20 bits per heavy atom. The highest BCUT2D eigenvalue weighted by molar-refractivity contribution is 5.40. The Morgan fingerprint density at radius 3 is 2.93 bits per heavy atom. The predicted molar refractivity (Wildman–Crippen MR) is 61.0 cm³/mol. The largest absolute Gasteiger partial charge is 0.297 e. The molecule has 0 fully saturated rings. The lowest BCUT2D eigenvalue weighted by Gasteiger charge is -2.08.